The van der Waals surface area contributed by atoms with E-state index in [4.69, 9.17) is 5.73 Å². The van der Waals surface area contributed by atoms with Crippen LogP contribution < -0.4 is 11.1 Å². The molecule has 3 nitrogen and oxygen atoms in total. The Bertz CT molecular complexity index is 112. The molecule has 0 spiro atoms. The third kappa shape index (κ3) is 3.45. The molecule has 59 valence electrons. The highest BCUT2D eigenvalue weighted by Gasteiger charge is 2.13. The van der Waals surface area contributed by atoms with E-state index in [1.54, 1.807) is 7.05 Å². The van der Waals surface area contributed by atoms with Gasteiger partial charge < -0.3 is 5.32 Å². The van der Waals surface area contributed by atoms with Crippen LogP contribution >= 0.6 is 0 Å². The minimum Gasteiger partial charge on any atom is -0.309 e. The van der Waals surface area contributed by atoms with Crippen LogP contribution in [0.25, 0.3) is 0 Å². The Hall–Kier alpha value is -0.570. The summed E-state index contributed by atoms with van der Waals surface area (Å²) in [7, 11) is 1.71. The van der Waals surface area contributed by atoms with Crippen molar-refractivity contribution in [1.29, 1.82) is 0 Å². The van der Waals surface area contributed by atoms with Gasteiger partial charge in [0.15, 0.2) is 0 Å². The van der Waals surface area contributed by atoms with Crippen LogP contribution in [0.3, 0.4) is 0 Å². The first-order valence-corrected chi connectivity index (χ1v) is 3.50. The summed E-state index contributed by atoms with van der Waals surface area (Å²) in [5, 5.41) is 2.80. The fourth-order valence-electron chi connectivity index (χ4n) is 0.827. The third-order valence-corrected chi connectivity index (χ3v) is 1.37. The van der Waals surface area contributed by atoms with Gasteiger partial charge in [-0.1, -0.05) is 13.8 Å². The predicted octanol–water partition coefficient (Wildman–Crippen LogP) is 0.430. The summed E-state index contributed by atoms with van der Waals surface area (Å²) in [6.45, 7) is 4.07. The number of hydrogen-bond acceptors (Lipinski definition) is 2. The molecule has 0 aromatic carbocycles. The number of carbonyl (C=O) groups excluding carboxylic acids is 1. The molecule has 0 aliphatic rings. The Kier molecular flexibility index (Phi) is 4.03. The molecule has 0 rings (SSSR count). The van der Waals surface area contributed by atoms with Crippen LogP contribution in [0.5, 0.6) is 0 Å². The molecular weight excluding hydrogens is 128 g/mol. The maximum atomic E-state index is 10.5. The second-order valence-electron chi connectivity index (χ2n) is 2.84. The molecule has 0 aliphatic heterocycles. The second-order valence-corrected chi connectivity index (χ2v) is 2.84. The number of hydrogen-bond donors (Lipinski definition) is 1. The minimum atomic E-state index is -0.517. The number of rotatable bonds is 4. The van der Waals surface area contributed by atoms with Crippen LogP contribution in [0.2, 0.25) is 0 Å². The van der Waals surface area contributed by atoms with Crippen LogP contribution in [0.1, 0.15) is 20.3 Å². The lowest BCUT2D eigenvalue weighted by Crippen LogP contribution is -2.35. The molecule has 10 heavy (non-hydrogen) atoms. The van der Waals surface area contributed by atoms with Gasteiger partial charge in [0.05, 0.1) is 6.04 Å². The predicted molar refractivity (Wildman–Crippen MR) is 40.4 cm³/mol. The molecule has 1 atom stereocenters. The van der Waals surface area contributed by atoms with Crippen molar-refractivity contribution in [3.05, 3.63) is 0 Å². The molecule has 0 aliphatic carbocycles. The summed E-state index contributed by atoms with van der Waals surface area (Å²) in [6, 6.07) is -0.278. The Morgan fingerprint density at radius 1 is 1.60 bits per heavy atom. The van der Waals surface area contributed by atoms with Crippen molar-refractivity contribution in [2.75, 3.05) is 7.05 Å². The molecule has 0 aromatic heterocycles. The summed E-state index contributed by atoms with van der Waals surface area (Å²) in [4.78, 5) is 10.5. The van der Waals surface area contributed by atoms with Crippen molar-refractivity contribution in [3.8, 4) is 0 Å². The zero-order valence-electron chi connectivity index (χ0n) is 6.77. The summed E-state index contributed by atoms with van der Waals surface area (Å²) < 4.78 is 0. The molecule has 0 bridgehead atoms. The third-order valence-electron chi connectivity index (χ3n) is 1.37. The Labute approximate surface area is 62.0 Å². The van der Waals surface area contributed by atoms with Crippen LogP contribution in [0.15, 0.2) is 0 Å². The zero-order valence-corrected chi connectivity index (χ0v) is 6.77. The molecule has 0 saturated heterocycles. The van der Waals surface area contributed by atoms with Gasteiger partial charge >= 0.3 is 0 Å². The van der Waals surface area contributed by atoms with Crippen molar-refractivity contribution >= 4 is 5.91 Å². The SMILES string of the molecule is CN[C@@H](CC(C)C)C([NH])=O. The maximum absolute atomic E-state index is 10.5. The van der Waals surface area contributed by atoms with E-state index in [2.05, 4.69) is 5.32 Å². The molecule has 0 unspecified atom stereocenters. The summed E-state index contributed by atoms with van der Waals surface area (Å²) in [6.07, 6.45) is 0.749. The van der Waals surface area contributed by atoms with Gasteiger partial charge in [-0.15, -0.1) is 0 Å². The van der Waals surface area contributed by atoms with E-state index < -0.39 is 5.91 Å². The van der Waals surface area contributed by atoms with E-state index in [9.17, 15) is 4.79 Å². The van der Waals surface area contributed by atoms with E-state index >= 15 is 0 Å². The lowest BCUT2D eigenvalue weighted by atomic mass is 10.0. The van der Waals surface area contributed by atoms with E-state index in [0.717, 1.165) is 6.42 Å². The highest BCUT2D eigenvalue weighted by atomic mass is 16.1. The number of nitrogens with one attached hydrogen (secondary N) is 2. The highest BCUT2D eigenvalue weighted by Crippen LogP contribution is 2.03. The average molecular weight is 143 g/mol. The van der Waals surface area contributed by atoms with E-state index in [-0.39, 0.29) is 6.04 Å². The van der Waals surface area contributed by atoms with Gasteiger partial charge in [-0.05, 0) is 19.4 Å². The van der Waals surface area contributed by atoms with Crippen molar-refractivity contribution in [2.24, 2.45) is 5.92 Å². The van der Waals surface area contributed by atoms with Crippen molar-refractivity contribution in [1.82, 2.24) is 11.1 Å². The molecule has 0 heterocycles. The smallest absolute Gasteiger partial charge is 0.255 e. The van der Waals surface area contributed by atoms with Crippen molar-refractivity contribution in [2.45, 2.75) is 26.3 Å². The largest absolute Gasteiger partial charge is 0.309 e. The standard InChI is InChI=1S/C7H15N2O/c1-5(2)4-6(9-3)7(8)10/h5-6,8-9H,4H2,1-3H3/t6-/m0/s1. The lowest BCUT2D eigenvalue weighted by Gasteiger charge is -2.12. The van der Waals surface area contributed by atoms with Crippen LogP contribution in [-0.4, -0.2) is 19.0 Å². The number of likely N-dealkylation sites (N-methyl/N-ethyl adjacent to an activating group) is 1. The molecule has 1 amide bonds. The molecule has 2 N–H and O–H groups in total. The van der Waals surface area contributed by atoms with Crippen molar-refractivity contribution in [3.63, 3.8) is 0 Å². The molecule has 3 heteroatoms. The van der Waals surface area contributed by atoms with Gasteiger partial charge in [0.25, 0.3) is 5.91 Å². The van der Waals surface area contributed by atoms with Gasteiger partial charge in [-0.3, -0.25) is 10.5 Å². The monoisotopic (exact) mass is 143 g/mol. The molecule has 0 aromatic rings. The van der Waals surface area contributed by atoms with Gasteiger partial charge in [0, 0.05) is 0 Å². The molecule has 1 radical (unpaired) electrons. The van der Waals surface area contributed by atoms with Gasteiger partial charge in [-0.25, -0.2) is 0 Å². The number of carbonyl (C=O) groups is 1. The first-order chi connectivity index (χ1) is 4.57. The van der Waals surface area contributed by atoms with Crippen molar-refractivity contribution < 1.29 is 4.79 Å². The average Bonchev–Trinajstić information content (AvgIpc) is 1.81. The second kappa shape index (κ2) is 4.28. The van der Waals surface area contributed by atoms with Gasteiger partial charge in [-0.2, -0.15) is 0 Å². The number of amides is 1. The zero-order chi connectivity index (χ0) is 8.15. The summed E-state index contributed by atoms with van der Waals surface area (Å²) in [5.74, 6) is -0.0528. The van der Waals surface area contributed by atoms with E-state index in [0.29, 0.717) is 5.92 Å². The quantitative estimate of drug-likeness (QED) is 0.620. The van der Waals surface area contributed by atoms with Crippen LogP contribution in [0.4, 0.5) is 0 Å². The van der Waals surface area contributed by atoms with Crippen LogP contribution in [-0.2, 0) is 4.79 Å². The molecule has 0 saturated carbocycles. The van der Waals surface area contributed by atoms with Gasteiger partial charge in [0.2, 0.25) is 0 Å². The van der Waals surface area contributed by atoms with Crippen LogP contribution in [0, 0.1) is 5.92 Å². The van der Waals surface area contributed by atoms with E-state index in [1.807, 2.05) is 13.8 Å². The first-order valence-electron chi connectivity index (χ1n) is 3.50. The Balaban J connectivity index is 3.72. The topological polar surface area (TPSA) is 52.9 Å². The van der Waals surface area contributed by atoms with E-state index in [1.165, 1.54) is 0 Å². The fraction of sp³-hybridized carbons (Fsp3) is 0.857. The Morgan fingerprint density at radius 2 is 2.10 bits per heavy atom. The Morgan fingerprint density at radius 3 is 2.20 bits per heavy atom. The molecular formula is C7H15N2O. The minimum absolute atomic E-state index is 0.278. The maximum Gasteiger partial charge on any atom is 0.255 e. The molecule has 0 fully saturated rings. The highest BCUT2D eigenvalue weighted by molar-refractivity contribution is 5.78. The van der Waals surface area contributed by atoms with Gasteiger partial charge in [0.1, 0.15) is 0 Å². The summed E-state index contributed by atoms with van der Waals surface area (Å²) in [5.41, 5.74) is 6.83. The first kappa shape index (κ1) is 9.43. The lowest BCUT2D eigenvalue weighted by molar-refractivity contribution is -0.120. The fourth-order valence-corrected chi connectivity index (χ4v) is 0.827. The summed E-state index contributed by atoms with van der Waals surface area (Å²) >= 11 is 0. The normalized spacial score (nSPS) is 13.6.